The molecule has 0 aliphatic rings. The Labute approximate surface area is 70.5 Å². The quantitative estimate of drug-likeness (QED) is 0.495. The standard InChI is InChI=1S/C10H9FO/c1-2-3-8-6-10(11)5-4-9(8)7-12/h2,4-7H,1,3H2. The highest BCUT2D eigenvalue weighted by Gasteiger charge is 2.00. The maximum absolute atomic E-state index is 12.7. The van der Waals surface area contributed by atoms with Crippen molar-refractivity contribution in [3.05, 3.63) is 47.8 Å². The number of hydrogen-bond acceptors (Lipinski definition) is 1. The summed E-state index contributed by atoms with van der Waals surface area (Å²) in [6.45, 7) is 3.52. The molecule has 0 spiro atoms. The van der Waals surface area contributed by atoms with Gasteiger partial charge >= 0.3 is 0 Å². The van der Waals surface area contributed by atoms with E-state index < -0.39 is 0 Å². The number of allylic oxidation sites excluding steroid dienone is 1. The Morgan fingerprint density at radius 1 is 1.50 bits per heavy atom. The fraction of sp³-hybridized carbons (Fsp3) is 0.100. The van der Waals surface area contributed by atoms with Crippen molar-refractivity contribution in [2.45, 2.75) is 6.42 Å². The summed E-state index contributed by atoms with van der Waals surface area (Å²) in [5.74, 6) is -0.322. The second kappa shape index (κ2) is 3.81. The highest BCUT2D eigenvalue weighted by molar-refractivity contribution is 5.77. The molecule has 62 valence electrons. The number of benzene rings is 1. The van der Waals surface area contributed by atoms with Crippen molar-refractivity contribution in [3.63, 3.8) is 0 Å². The Bertz CT molecular complexity index is 305. The molecule has 0 radical (unpaired) electrons. The fourth-order valence-electron chi connectivity index (χ4n) is 1.02. The molecule has 0 fully saturated rings. The highest BCUT2D eigenvalue weighted by Crippen LogP contribution is 2.10. The van der Waals surface area contributed by atoms with Crippen LogP contribution >= 0.6 is 0 Å². The van der Waals surface area contributed by atoms with Crippen molar-refractivity contribution in [2.75, 3.05) is 0 Å². The summed E-state index contributed by atoms with van der Waals surface area (Å²) in [5.41, 5.74) is 1.20. The third-order valence-corrected chi connectivity index (χ3v) is 1.60. The van der Waals surface area contributed by atoms with Crippen LogP contribution in [0.2, 0.25) is 0 Å². The van der Waals surface area contributed by atoms with Gasteiger partial charge in [0.2, 0.25) is 0 Å². The van der Waals surface area contributed by atoms with Crippen LogP contribution in [0, 0.1) is 5.82 Å². The van der Waals surface area contributed by atoms with Crippen LogP contribution in [0.25, 0.3) is 0 Å². The van der Waals surface area contributed by atoms with E-state index in [1.54, 1.807) is 6.08 Å². The zero-order valence-electron chi connectivity index (χ0n) is 6.59. The molecule has 0 bridgehead atoms. The Morgan fingerprint density at radius 3 is 2.83 bits per heavy atom. The van der Waals surface area contributed by atoms with Crippen LogP contribution < -0.4 is 0 Å². The second-order valence-corrected chi connectivity index (χ2v) is 2.45. The maximum Gasteiger partial charge on any atom is 0.150 e. The van der Waals surface area contributed by atoms with Crippen molar-refractivity contribution in [1.82, 2.24) is 0 Å². The second-order valence-electron chi connectivity index (χ2n) is 2.45. The topological polar surface area (TPSA) is 17.1 Å². The molecule has 0 aliphatic heterocycles. The minimum atomic E-state index is -0.322. The van der Waals surface area contributed by atoms with Gasteiger partial charge in [-0.2, -0.15) is 0 Å². The molecule has 0 aromatic heterocycles. The van der Waals surface area contributed by atoms with Crippen molar-refractivity contribution in [2.24, 2.45) is 0 Å². The number of rotatable bonds is 3. The van der Waals surface area contributed by atoms with Gasteiger partial charge in [0.25, 0.3) is 0 Å². The van der Waals surface area contributed by atoms with E-state index in [0.717, 1.165) is 6.29 Å². The largest absolute Gasteiger partial charge is 0.298 e. The molecule has 0 saturated heterocycles. The van der Waals surface area contributed by atoms with E-state index in [1.807, 2.05) is 0 Å². The fourth-order valence-corrected chi connectivity index (χ4v) is 1.02. The number of carbonyl (C=O) groups is 1. The van der Waals surface area contributed by atoms with E-state index in [-0.39, 0.29) is 5.82 Å². The highest BCUT2D eigenvalue weighted by atomic mass is 19.1. The molecule has 1 rings (SSSR count). The van der Waals surface area contributed by atoms with Crippen molar-refractivity contribution < 1.29 is 9.18 Å². The van der Waals surface area contributed by atoms with E-state index in [1.165, 1.54) is 18.2 Å². The summed E-state index contributed by atoms with van der Waals surface area (Å²) in [6.07, 6.45) is 2.88. The van der Waals surface area contributed by atoms with Gasteiger partial charge in [-0.25, -0.2) is 4.39 Å². The molecule has 1 aromatic rings. The zero-order valence-corrected chi connectivity index (χ0v) is 6.59. The number of hydrogen-bond donors (Lipinski definition) is 0. The van der Waals surface area contributed by atoms with Gasteiger partial charge in [-0.1, -0.05) is 6.08 Å². The van der Waals surface area contributed by atoms with Gasteiger partial charge in [0.05, 0.1) is 0 Å². The Hall–Kier alpha value is -1.44. The normalized spacial score (nSPS) is 9.42. The van der Waals surface area contributed by atoms with E-state index in [9.17, 15) is 9.18 Å². The lowest BCUT2D eigenvalue weighted by molar-refractivity contribution is 0.112. The third kappa shape index (κ3) is 1.78. The molecule has 2 heteroatoms. The first kappa shape index (κ1) is 8.65. The van der Waals surface area contributed by atoms with E-state index in [0.29, 0.717) is 17.5 Å². The van der Waals surface area contributed by atoms with Crippen LogP contribution in [0.3, 0.4) is 0 Å². The molecule has 0 heterocycles. The first-order valence-corrected chi connectivity index (χ1v) is 3.62. The van der Waals surface area contributed by atoms with Gasteiger partial charge in [-0.15, -0.1) is 6.58 Å². The van der Waals surface area contributed by atoms with Crippen LogP contribution in [-0.4, -0.2) is 6.29 Å². The SMILES string of the molecule is C=CCc1cc(F)ccc1C=O. The summed E-state index contributed by atoms with van der Waals surface area (Å²) in [5, 5.41) is 0. The Balaban J connectivity index is 3.11. The lowest BCUT2D eigenvalue weighted by atomic mass is 10.1. The molecule has 12 heavy (non-hydrogen) atoms. The summed E-state index contributed by atoms with van der Waals surface area (Å²) in [6, 6.07) is 4.10. The predicted octanol–water partition coefficient (Wildman–Crippen LogP) is 2.37. The van der Waals surface area contributed by atoms with E-state index in [4.69, 9.17) is 0 Å². The predicted molar refractivity (Wildman–Crippen MR) is 45.7 cm³/mol. The average molecular weight is 164 g/mol. The smallest absolute Gasteiger partial charge is 0.150 e. The van der Waals surface area contributed by atoms with E-state index >= 15 is 0 Å². The molecule has 1 aromatic carbocycles. The Morgan fingerprint density at radius 2 is 2.25 bits per heavy atom. The Kier molecular flexibility index (Phi) is 2.75. The lowest BCUT2D eigenvalue weighted by Gasteiger charge is -2.00. The molecule has 0 N–H and O–H groups in total. The van der Waals surface area contributed by atoms with Crippen molar-refractivity contribution in [3.8, 4) is 0 Å². The first-order chi connectivity index (χ1) is 5.77. The van der Waals surface area contributed by atoms with Crippen LogP contribution in [0.4, 0.5) is 4.39 Å². The molecule has 1 nitrogen and oxygen atoms in total. The molecular formula is C10H9FO. The molecule has 0 amide bonds. The minimum Gasteiger partial charge on any atom is -0.298 e. The van der Waals surface area contributed by atoms with Crippen LogP contribution in [0.15, 0.2) is 30.9 Å². The monoisotopic (exact) mass is 164 g/mol. The van der Waals surface area contributed by atoms with Crippen LogP contribution in [0.5, 0.6) is 0 Å². The van der Waals surface area contributed by atoms with E-state index in [2.05, 4.69) is 6.58 Å². The summed E-state index contributed by atoms with van der Waals surface area (Å²) >= 11 is 0. The van der Waals surface area contributed by atoms with Gasteiger partial charge in [-0.3, -0.25) is 4.79 Å². The molecule has 0 atom stereocenters. The molecule has 0 unspecified atom stereocenters. The number of aldehydes is 1. The average Bonchev–Trinajstić information content (AvgIpc) is 2.05. The summed E-state index contributed by atoms with van der Waals surface area (Å²) in [7, 11) is 0. The maximum atomic E-state index is 12.7. The summed E-state index contributed by atoms with van der Waals surface area (Å²) in [4.78, 5) is 10.5. The van der Waals surface area contributed by atoms with Crippen LogP contribution in [-0.2, 0) is 6.42 Å². The van der Waals surface area contributed by atoms with Gasteiger partial charge < -0.3 is 0 Å². The molecule has 0 saturated carbocycles. The number of halogens is 1. The molecule has 0 aliphatic carbocycles. The van der Waals surface area contributed by atoms with Crippen molar-refractivity contribution in [1.29, 1.82) is 0 Å². The first-order valence-electron chi connectivity index (χ1n) is 3.62. The zero-order chi connectivity index (χ0) is 8.97. The minimum absolute atomic E-state index is 0.322. The number of carbonyl (C=O) groups excluding carboxylic acids is 1. The third-order valence-electron chi connectivity index (χ3n) is 1.60. The van der Waals surface area contributed by atoms with Crippen LogP contribution in [0.1, 0.15) is 15.9 Å². The molecular weight excluding hydrogens is 155 g/mol. The van der Waals surface area contributed by atoms with Crippen molar-refractivity contribution >= 4 is 6.29 Å². The lowest BCUT2D eigenvalue weighted by Crippen LogP contribution is -1.91. The summed E-state index contributed by atoms with van der Waals surface area (Å²) < 4.78 is 12.7. The van der Waals surface area contributed by atoms with Gasteiger partial charge in [-0.05, 0) is 30.2 Å². The van der Waals surface area contributed by atoms with Gasteiger partial charge in [0.1, 0.15) is 12.1 Å². The van der Waals surface area contributed by atoms with Gasteiger partial charge in [0.15, 0.2) is 0 Å². The van der Waals surface area contributed by atoms with Gasteiger partial charge in [0, 0.05) is 5.56 Å².